The van der Waals surface area contributed by atoms with Crippen LogP contribution >= 0.6 is 27.3 Å². The zero-order valence-electron chi connectivity index (χ0n) is 6.55. The maximum absolute atomic E-state index is 13.3. The Balaban J connectivity index is 2.85. The monoisotopic (exact) mass is 260 g/mol. The maximum atomic E-state index is 13.3. The second-order valence-electron chi connectivity index (χ2n) is 2.66. The first-order chi connectivity index (χ1) is 6.24. The Morgan fingerprint density at radius 3 is 3.00 bits per heavy atom. The molecule has 2 rings (SSSR count). The highest BCUT2D eigenvalue weighted by Crippen LogP contribution is 2.35. The minimum absolute atomic E-state index is 0.0573. The summed E-state index contributed by atoms with van der Waals surface area (Å²) in [6, 6.07) is 3.24. The van der Waals surface area contributed by atoms with E-state index in [-0.39, 0.29) is 11.6 Å². The third kappa shape index (κ3) is 1.34. The van der Waals surface area contributed by atoms with Crippen LogP contribution in [-0.2, 0) is 5.33 Å². The van der Waals surface area contributed by atoms with Crippen molar-refractivity contribution < 1.29 is 9.50 Å². The normalized spacial score (nSPS) is 10.9. The number of aromatic hydroxyl groups is 1. The average Bonchev–Trinajstić information content (AvgIpc) is 2.53. The van der Waals surface area contributed by atoms with Crippen LogP contribution in [0.2, 0.25) is 0 Å². The van der Waals surface area contributed by atoms with Crippen LogP contribution in [0.1, 0.15) is 5.56 Å². The predicted molar refractivity (Wildman–Crippen MR) is 56.1 cm³/mol. The van der Waals surface area contributed by atoms with Crippen molar-refractivity contribution in [3.8, 4) is 5.75 Å². The zero-order valence-corrected chi connectivity index (χ0v) is 8.95. The van der Waals surface area contributed by atoms with E-state index in [1.54, 1.807) is 6.07 Å². The predicted octanol–water partition coefficient (Wildman–Crippen LogP) is 3.64. The van der Waals surface area contributed by atoms with Crippen LogP contribution < -0.4 is 0 Å². The summed E-state index contributed by atoms with van der Waals surface area (Å²) in [5, 5.41) is 12.6. The van der Waals surface area contributed by atoms with E-state index >= 15 is 0 Å². The fourth-order valence-corrected chi connectivity index (χ4v) is 2.61. The molecule has 0 aliphatic rings. The lowest BCUT2D eigenvalue weighted by atomic mass is 10.1. The van der Waals surface area contributed by atoms with Crippen LogP contribution in [0.15, 0.2) is 17.5 Å². The topological polar surface area (TPSA) is 20.2 Å². The molecule has 1 N–H and O–H groups in total. The number of benzene rings is 1. The molecule has 1 aromatic carbocycles. The van der Waals surface area contributed by atoms with E-state index in [1.807, 2.05) is 5.38 Å². The summed E-state index contributed by atoms with van der Waals surface area (Å²) in [6.07, 6.45) is 0. The molecule has 0 saturated heterocycles. The lowest BCUT2D eigenvalue weighted by Gasteiger charge is -2.03. The van der Waals surface area contributed by atoms with E-state index in [2.05, 4.69) is 15.9 Å². The van der Waals surface area contributed by atoms with E-state index in [4.69, 9.17) is 0 Å². The summed E-state index contributed by atoms with van der Waals surface area (Å²) in [4.78, 5) is 0. The van der Waals surface area contributed by atoms with E-state index in [0.717, 1.165) is 10.1 Å². The maximum Gasteiger partial charge on any atom is 0.140 e. The number of phenolic OH excluding ortho intramolecular Hbond substituents is 1. The first-order valence-corrected chi connectivity index (χ1v) is 5.67. The van der Waals surface area contributed by atoms with Gasteiger partial charge in [-0.3, -0.25) is 0 Å². The molecule has 0 amide bonds. The highest BCUT2D eigenvalue weighted by Gasteiger charge is 2.12. The number of thiophene rings is 1. The van der Waals surface area contributed by atoms with Gasteiger partial charge in [-0.1, -0.05) is 15.9 Å². The number of hydrogen-bond donors (Lipinski definition) is 1. The van der Waals surface area contributed by atoms with Crippen molar-refractivity contribution in [1.29, 1.82) is 0 Å². The SMILES string of the molecule is Oc1c(CBr)c(F)cc2ccsc12. The van der Waals surface area contributed by atoms with E-state index in [1.165, 1.54) is 17.4 Å². The zero-order chi connectivity index (χ0) is 9.42. The van der Waals surface area contributed by atoms with Crippen LogP contribution in [0.25, 0.3) is 10.1 Å². The smallest absolute Gasteiger partial charge is 0.140 e. The van der Waals surface area contributed by atoms with Gasteiger partial charge >= 0.3 is 0 Å². The van der Waals surface area contributed by atoms with Crippen LogP contribution in [-0.4, -0.2) is 5.11 Å². The van der Waals surface area contributed by atoms with Crippen molar-refractivity contribution in [2.45, 2.75) is 5.33 Å². The number of alkyl halides is 1. The molecule has 0 spiro atoms. The Hall–Kier alpha value is -0.610. The van der Waals surface area contributed by atoms with Gasteiger partial charge in [0.25, 0.3) is 0 Å². The number of fused-ring (bicyclic) bond motifs is 1. The Labute approximate surface area is 86.9 Å². The van der Waals surface area contributed by atoms with E-state index in [0.29, 0.717) is 10.9 Å². The summed E-state index contributed by atoms with van der Waals surface area (Å²) >= 11 is 4.55. The fraction of sp³-hybridized carbons (Fsp3) is 0.111. The molecule has 0 radical (unpaired) electrons. The van der Waals surface area contributed by atoms with Crippen LogP contribution in [0.5, 0.6) is 5.75 Å². The van der Waals surface area contributed by atoms with Crippen molar-refractivity contribution in [3.63, 3.8) is 0 Å². The Bertz CT molecular complexity index is 452. The minimum Gasteiger partial charge on any atom is -0.506 e. The van der Waals surface area contributed by atoms with Gasteiger partial charge in [-0.2, -0.15) is 0 Å². The van der Waals surface area contributed by atoms with Gasteiger partial charge in [0, 0.05) is 10.9 Å². The standard InChI is InChI=1S/C9H6BrFOS/c10-4-6-7(11)3-5-1-2-13-9(5)8(6)12/h1-3,12H,4H2. The summed E-state index contributed by atoms with van der Waals surface area (Å²) in [7, 11) is 0. The van der Waals surface area contributed by atoms with Crippen LogP contribution in [0, 0.1) is 5.82 Å². The molecule has 4 heteroatoms. The summed E-state index contributed by atoms with van der Waals surface area (Å²) in [6.45, 7) is 0. The molecule has 0 unspecified atom stereocenters. The van der Waals surface area contributed by atoms with Crippen molar-refractivity contribution in [2.75, 3.05) is 0 Å². The number of halogens is 2. The molecule has 0 saturated carbocycles. The van der Waals surface area contributed by atoms with Crippen molar-refractivity contribution >= 4 is 37.4 Å². The van der Waals surface area contributed by atoms with Crippen molar-refractivity contribution in [2.24, 2.45) is 0 Å². The van der Waals surface area contributed by atoms with Crippen molar-refractivity contribution in [3.05, 3.63) is 28.9 Å². The minimum atomic E-state index is -0.361. The van der Waals surface area contributed by atoms with Gasteiger partial charge in [-0.05, 0) is 22.9 Å². The molecule has 0 bridgehead atoms. The van der Waals surface area contributed by atoms with Crippen LogP contribution in [0.4, 0.5) is 4.39 Å². The highest BCUT2D eigenvalue weighted by molar-refractivity contribution is 9.08. The summed E-state index contributed by atoms with van der Waals surface area (Å²) < 4.78 is 14.0. The number of rotatable bonds is 1. The summed E-state index contributed by atoms with van der Waals surface area (Å²) in [5.74, 6) is -0.304. The Morgan fingerprint density at radius 1 is 1.54 bits per heavy atom. The molecule has 0 aliphatic carbocycles. The molecule has 1 heterocycles. The molecule has 68 valence electrons. The van der Waals surface area contributed by atoms with Gasteiger partial charge in [0.15, 0.2) is 0 Å². The Morgan fingerprint density at radius 2 is 2.31 bits per heavy atom. The summed E-state index contributed by atoms with van der Waals surface area (Å²) in [5.41, 5.74) is 0.329. The molecule has 0 atom stereocenters. The molecule has 0 fully saturated rings. The molecule has 0 aliphatic heterocycles. The van der Waals surface area contributed by atoms with Gasteiger partial charge in [0.2, 0.25) is 0 Å². The van der Waals surface area contributed by atoms with Crippen molar-refractivity contribution in [1.82, 2.24) is 0 Å². The van der Waals surface area contributed by atoms with Gasteiger partial charge < -0.3 is 5.11 Å². The molecule has 13 heavy (non-hydrogen) atoms. The first-order valence-electron chi connectivity index (χ1n) is 3.67. The first kappa shape index (κ1) is 8.97. The lowest BCUT2D eigenvalue weighted by Crippen LogP contribution is -1.86. The van der Waals surface area contributed by atoms with Gasteiger partial charge in [-0.15, -0.1) is 11.3 Å². The Kier molecular flexibility index (Phi) is 2.26. The largest absolute Gasteiger partial charge is 0.506 e. The second kappa shape index (κ2) is 3.27. The third-order valence-corrected chi connectivity index (χ3v) is 3.40. The highest BCUT2D eigenvalue weighted by atomic mass is 79.9. The van der Waals surface area contributed by atoms with Gasteiger partial charge in [0.05, 0.1) is 4.70 Å². The van der Waals surface area contributed by atoms with Crippen LogP contribution in [0.3, 0.4) is 0 Å². The molecular weight excluding hydrogens is 255 g/mol. The third-order valence-electron chi connectivity index (χ3n) is 1.90. The molecule has 2 aromatic rings. The van der Waals surface area contributed by atoms with E-state index < -0.39 is 0 Å². The quantitative estimate of drug-likeness (QED) is 0.777. The van der Waals surface area contributed by atoms with Gasteiger partial charge in [0.1, 0.15) is 11.6 Å². The lowest BCUT2D eigenvalue weighted by molar-refractivity contribution is 0.470. The van der Waals surface area contributed by atoms with E-state index in [9.17, 15) is 9.50 Å². The number of hydrogen-bond acceptors (Lipinski definition) is 2. The number of phenols is 1. The average molecular weight is 261 g/mol. The molecule has 1 nitrogen and oxygen atoms in total. The van der Waals surface area contributed by atoms with Gasteiger partial charge in [-0.25, -0.2) is 4.39 Å². The molecular formula is C9H6BrFOS. The fourth-order valence-electron chi connectivity index (χ4n) is 1.23. The molecule has 1 aromatic heterocycles. The second-order valence-corrected chi connectivity index (χ2v) is 4.13.